The van der Waals surface area contributed by atoms with Crippen molar-refractivity contribution in [2.45, 2.75) is 6.92 Å². The second-order valence-corrected chi connectivity index (χ2v) is 5.30. The Labute approximate surface area is 148 Å². The van der Waals surface area contributed by atoms with Gasteiger partial charge in [-0.2, -0.15) is 0 Å². The number of carbonyl (C=O) groups excluding carboxylic acids is 1. The lowest BCUT2D eigenvalue weighted by atomic mass is 10.0. The Morgan fingerprint density at radius 2 is 2.00 bits per heavy atom. The maximum absolute atomic E-state index is 12.0. The molecule has 1 aliphatic heterocycles. The van der Waals surface area contributed by atoms with Crippen LogP contribution in [0.3, 0.4) is 0 Å². The van der Waals surface area contributed by atoms with Gasteiger partial charge in [-0.3, -0.25) is 10.1 Å². The first-order valence-electron chi connectivity index (χ1n) is 7.70. The van der Waals surface area contributed by atoms with Crippen molar-refractivity contribution in [3.8, 4) is 11.5 Å². The third kappa shape index (κ3) is 3.25. The Morgan fingerprint density at radius 3 is 2.65 bits per heavy atom. The average Bonchev–Trinajstić information content (AvgIpc) is 2.99. The molecule has 0 spiro atoms. The predicted molar refractivity (Wildman–Crippen MR) is 90.8 cm³/mol. The Hall–Kier alpha value is -3.68. The normalized spacial score (nSPS) is 14.9. The summed E-state index contributed by atoms with van der Waals surface area (Å²) in [5.41, 5.74) is 0.725. The van der Waals surface area contributed by atoms with Crippen LogP contribution in [0.15, 0.2) is 53.2 Å². The van der Waals surface area contributed by atoms with Gasteiger partial charge in [0.15, 0.2) is 0 Å². The lowest BCUT2D eigenvalue weighted by Crippen LogP contribution is -2.07. The number of benzene rings is 2. The van der Waals surface area contributed by atoms with Gasteiger partial charge in [0.05, 0.1) is 17.1 Å². The van der Waals surface area contributed by atoms with Crippen LogP contribution in [0, 0.1) is 10.1 Å². The van der Waals surface area contributed by atoms with Gasteiger partial charge in [0.2, 0.25) is 0 Å². The highest BCUT2D eigenvalue weighted by molar-refractivity contribution is 6.31. The van der Waals surface area contributed by atoms with Crippen LogP contribution in [0.5, 0.6) is 11.5 Å². The van der Waals surface area contributed by atoms with E-state index in [1.807, 2.05) is 6.07 Å². The number of ether oxygens (including phenoxy) is 1. The summed E-state index contributed by atoms with van der Waals surface area (Å²) in [6, 6.07) is 11.3. The second kappa shape index (κ2) is 7.06. The summed E-state index contributed by atoms with van der Waals surface area (Å²) in [7, 11) is 0. The number of nitrogens with zero attached hydrogens (tertiary/aromatic N) is 2. The van der Waals surface area contributed by atoms with Crippen molar-refractivity contribution in [2.24, 2.45) is 5.16 Å². The Bertz CT molecular complexity index is 934. The maximum atomic E-state index is 12.0. The summed E-state index contributed by atoms with van der Waals surface area (Å²) >= 11 is 0. The van der Waals surface area contributed by atoms with Crippen molar-refractivity contribution in [3.05, 3.63) is 69.3 Å². The molecule has 0 saturated carbocycles. The van der Waals surface area contributed by atoms with E-state index in [2.05, 4.69) is 5.16 Å². The molecule has 2 aromatic carbocycles. The molecule has 0 fully saturated rings. The van der Waals surface area contributed by atoms with Gasteiger partial charge in [-0.05, 0) is 24.6 Å². The third-order valence-corrected chi connectivity index (χ3v) is 3.61. The van der Waals surface area contributed by atoms with Gasteiger partial charge >= 0.3 is 5.97 Å². The molecule has 2 aromatic rings. The zero-order valence-corrected chi connectivity index (χ0v) is 13.7. The topological polar surface area (TPSA) is 114 Å². The van der Waals surface area contributed by atoms with Crippen molar-refractivity contribution >= 4 is 23.4 Å². The summed E-state index contributed by atoms with van der Waals surface area (Å²) in [5, 5.41) is 26.9. The maximum Gasteiger partial charge on any atom is 0.368 e. The Kier molecular flexibility index (Phi) is 4.66. The minimum absolute atomic E-state index is 0.131. The number of hydrogen-bond acceptors (Lipinski definition) is 7. The summed E-state index contributed by atoms with van der Waals surface area (Å²) in [5.74, 6) is -1.65. The van der Waals surface area contributed by atoms with Crippen LogP contribution in [-0.4, -0.2) is 23.2 Å². The SMILES string of the molecule is CCOc1cc(/C=C2/C(=O)ON=C2c2ccccc2)cc([N+](=O)[O-])c1[O-]. The number of oxime groups is 1. The van der Waals surface area contributed by atoms with Crippen molar-refractivity contribution < 1.29 is 24.4 Å². The standard InChI is InChI=1S/C18H14N2O6/c1-2-25-15-10-11(9-14(17(15)21)20(23)24)8-13-16(19-26-18(13)22)12-6-4-3-5-7-12/h3-10,21H,2H2,1H3/p-1/b13-8+. The predicted octanol–water partition coefficient (Wildman–Crippen LogP) is 2.41. The monoisotopic (exact) mass is 353 g/mol. The van der Waals surface area contributed by atoms with E-state index in [1.54, 1.807) is 31.2 Å². The summed E-state index contributed by atoms with van der Waals surface area (Å²) in [6.45, 7) is 1.83. The van der Waals surface area contributed by atoms with Crippen LogP contribution in [0.25, 0.3) is 6.08 Å². The fourth-order valence-corrected chi connectivity index (χ4v) is 2.47. The highest BCUT2D eigenvalue weighted by Gasteiger charge is 2.27. The molecule has 1 heterocycles. The second-order valence-electron chi connectivity index (χ2n) is 5.30. The summed E-state index contributed by atoms with van der Waals surface area (Å²) in [4.78, 5) is 27.1. The Balaban J connectivity index is 2.09. The van der Waals surface area contributed by atoms with E-state index in [0.29, 0.717) is 11.3 Å². The highest BCUT2D eigenvalue weighted by atomic mass is 16.7. The molecule has 3 rings (SSSR count). The lowest BCUT2D eigenvalue weighted by molar-refractivity contribution is -0.398. The van der Waals surface area contributed by atoms with E-state index in [4.69, 9.17) is 9.57 Å². The zero-order chi connectivity index (χ0) is 18.7. The number of rotatable bonds is 5. The average molecular weight is 353 g/mol. The Morgan fingerprint density at radius 1 is 1.27 bits per heavy atom. The molecule has 1 aliphatic rings. The van der Waals surface area contributed by atoms with Gasteiger partial charge in [-0.1, -0.05) is 35.5 Å². The molecule has 0 amide bonds. The third-order valence-electron chi connectivity index (χ3n) is 3.61. The van der Waals surface area contributed by atoms with Crippen molar-refractivity contribution in [1.29, 1.82) is 0 Å². The first kappa shape index (κ1) is 17.2. The van der Waals surface area contributed by atoms with E-state index >= 15 is 0 Å². The number of carbonyl (C=O) groups is 1. The molecule has 0 radical (unpaired) electrons. The first-order chi connectivity index (χ1) is 12.5. The number of nitro groups is 1. The van der Waals surface area contributed by atoms with Crippen molar-refractivity contribution in [3.63, 3.8) is 0 Å². The molecule has 0 aromatic heterocycles. The summed E-state index contributed by atoms with van der Waals surface area (Å²) < 4.78 is 5.18. The molecular weight excluding hydrogens is 340 g/mol. The van der Waals surface area contributed by atoms with Crippen LogP contribution < -0.4 is 9.84 Å². The van der Waals surface area contributed by atoms with E-state index in [0.717, 1.165) is 6.07 Å². The minimum atomic E-state index is -0.815. The van der Waals surface area contributed by atoms with Crippen molar-refractivity contribution in [2.75, 3.05) is 6.61 Å². The fourth-order valence-electron chi connectivity index (χ4n) is 2.47. The molecule has 132 valence electrons. The largest absolute Gasteiger partial charge is 0.865 e. The fraction of sp³-hybridized carbons (Fsp3) is 0.111. The van der Waals surface area contributed by atoms with Gasteiger partial charge in [-0.15, -0.1) is 0 Å². The van der Waals surface area contributed by atoms with E-state index in [-0.39, 0.29) is 23.5 Å². The molecule has 0 unspecified atom stereocenters. The molecular formula is C18H13N2O6-. The zero-order valence-electron chi connectivity index (χ0n) is 13.7. The van der Waals surface area contributed by atoms with Crippen LogP contribution in [-0.2, 0) is 9.63 Å². The molecule has 0 N–H and O–H groups in total. The van der Waals surface area contributed by atoms with Crippen LogP contribution in [0.2, 0.25) is 0 Å². The molecule has 0 atom stereocenters. The van der Waals surface area contributed by atoms with Crippen LogP contribution in [0.1, 0.15) is 18.1 Å². The van der Waals surface area contributed by atoms with E-state index in [9.17, 15) is 20.0 Å². The molecule has 26 heavy (non-hydrogen) atoms. The first-order valence-corrected chi connectivity index (χ1v) is 7.70. The molecule has 0 aliphatic carbocycles. The molecule has 8 nitrogen and oxygen atoms in total. The number of hydrogen-bond donors (Lipinski definition) is 0. The van der Waals surface area contributed by atoms with E-state index in [1.165, 1.54) is 12.1 Å². The molecule has 8 heteroatoms. The van der Waals surface area contributed by atoms with Gasteiger partial charge in [-0.25, -0.2) is 4.79 Å². The van der Waals surface area contributed by atoms with Crippen LogP contribution >= 0.6 is 0 Å². The van der Waals surface area contributed by atoms with Crippen LogP contribution in [0.4, 0.5) is 5.69 Å². The minimum Gasteiger partial charge on any atom is -0.865 e. The smallest absolute Gasteiger partial charge is 0.368 e. The van der Waals surface area contributed by atoms with Gasteiger partial charge < -0.3 is 14.7 Å². The molecule has 0 saturated heterocycles. The highest BCUT2D eigenvalue weighted by Crippen LogP contribution is 2.36. The van der Waals surface area contributed by atoms with Gasteiger partial charge in [0.25, 0.3) is 5.69 Å². The van der Waals surface area contributed by atoms with Gasteiger partial charge in [0.1, 0.15) is 11.5 Å². The number of nitro benzene ring substituents is 1. The van der Waals surface area contributed by atoms with Crippen molar-refractivity contribution in [1.82, 2.24) is 0 Å². The van der Waals surface area contributed by atoms with Gasteiger partial charge in [0, 0.05) is 17.4 Å². The summed E-state index contributed by atoms with van der Waals surface area (Å²) in [6.07, 6.45) is 1.39. The lowest BCUT2D eigenvalue weighted by Gasteiger charge is -2.14. The quantitative estimate of drug-likeness (QED) is 0.353. The molecule has 0 bridgehead atoms. The van der Waals surface area contributed by atoms with E-state index < -0.39 is 22.3 Å².